The van der Waals surface area contributed by atoms with Crippen LogP contribution in [0.4, 0.5) is 0 Å². The first-order valence-corrected chi connectivity index (χ1v) is 7.89. The van der Waals surface area contributed by atoms with Gasteiger partial charge in [-0.1, -0.05) is 0 Å². The molecular formula is C15H18N4O7. The van der Waals surface area contributed by atoms with E-state index in [1.807, 2.05) is 6.07 Å². The second-order valence-corrected chi connectivity index (χ2v) is 6.45. The number of ether oxygens (including phenoxy) is 3. The number of hydrogen-bond donors (Lipinski definition) is 3. The number of carbonyl (C=O) groups is 1. The number of nitriles is 1. The summed E-state index contributed by atoms with van der Waals surface area (Å²) in [4.78, 5) is 36.3. The number of carboxylic acids is 1. The molecule has 5 atom stereocenters. The lowest BCUT2D eigenvalue weighted by molar-refractivity contribution is -0.198. The van der Waals surface area contributed by atoms with Gasteiger partial charge < -0.3 is 19.3 Å². The van der Waals surface area contributed by atoms with Gasteiger partial charge in [-0.25, -0.2) is 4.79 Å². The van der Waals surface area contributed by atoms with E-state index >= 15 is 0 Å². The quantitative estimate of drug-likeness (QED) is 0.565. The summed E-state index contributed by atoms with van der Waals surface area (Å²) in [5, 5.41) is 20.8. The molecule has 2 fully saturated rings. The van der Waals surface area contributed by atoms with Gasteiger partial charge in [0.15, 0.2) is 12.0 Å². The minimum absolute atomic E-state index is 0.441. The third kappa shape index (κ3) is 3.40. The van der Waals surface area contributed by atoms with Gasteiger partial charge in [-0.2, -0.15) is 5.26 Å². The number of aromatic amines is 1. The SMILES string of the molecule is CC1(C)O[C@@H]2[C@H](O1)[C@@H](C(C#N)NCC(=O)O)O[C@H]2n1ccc(=O)[nH]c1=O. The number of nitrogens with one attached hydrogen (secondary N) is 2. The lowest BCUT2D eigenvalue weighted by atomic mass is 10.0. The van der Waals surface area contributed by atoms with Crippen LogP contribution in [0.2, 0.25) is 0 Å². The number of aliphatic carboxylic acids is 1. The van der Waals surface area contributed by atoms with E-state index in [1.165, 1.54) is 12.3 Å². The molecule has 0 radical (unpaired) electrons. The van der Waals surface area contributed by atoms with Gasteiger partial charge in [0.1, 0.15) is 24.4 Å². The number of nitrogens with zero attached hydrogens (tertiary/aromatic N) is 2. The van der Waals surface area contributed by atoms with Crippen LogP contribution in [0.5, 0.6) is 0 Å². The number of H-pyrrole nitrogens is 1. The summed E-state index contributed by atoms with van der Waals surface area (Å²) in [7, 11) is 0. The van der Waals surface area contributed by atoms with E-state index in [0.717, 1.165) is 4.57 Å². The van der Waals surface area contributed by atoms with E-state index < -0.39 is 60.1 Å². The van der Waals surface area contributed by atoms with Gasteiger partial charge in [0.05, 0.1) is 12.6 Å². The molecule has 11 nitrogen and oxygen atoms in total. The third-order valence-corrected chi connectivity index (χ3v) is 4.13. The first-order valence-electron chi connectivity index (χ1n) is 7.89. The maximum Gasteiger partial charge on any atom is 0.330 e. The molecule has 2 aliphatic rings. The van der Waals surface area contributed by atoms with Crippen molar-refractivity contribution in [3.05, 3.63) is 33.1 Å². The molecule has 26 heavy (non-hydrogen) atoms. The molecule has 0 saturated carbocycles. The monoisotopic (exact) mass is 366 g/mol. The van der Waals surface area contributed by atoms with Gasteiger partial charge in [-0.05, 0) is 13.8 Å². The van der Waals surface area contributed by atoms with Crippen LogP contribution in [0.25, 0.3) is 0 Å². The molecule has 3 heterocycles. The van der Waals surface area contributed by atoms with Crippen molar-refractivity contribution in [2.45, 2.75) is 50.2 Å². The molecule has 1 aromatic heterocycles. The van der Waals surface area contributed by atoms with E-state index in [-0.39, 0.29) is 0 Å². The van der Waals surface area contributed by atoms with Crippen molar-refractivity contribution in [1.82, 2.24) is 14.9 Å². The first kappa shape index (κ1) is 18.3. The molecule has 0 aliphatic carbocycles. The molecule has 11 heteroatoms. The van der Waals surface area contributed by atoms with Crippen LogP contribution >= 0.6 is 0 Å². The Morgan fingerprint density at radius 2 is 2.15 bits per heavy atom. The molecular weight excluding hydrogens is 348 g/mol. The third-order valence-electron chi connectivity index (χ3n) is 4.13. The second kappa shape index (κ2) is 6.65. The van der Waals surface area contributed by atoms with Crippen LogP contribution in [0.1, 0.15) is 20.1 Å². The van der Waals surface area contributed by atoms with Gasteiger partial charge in [0, 0.05) is 12.3 Å². The van der Waals surface area contributed by atoms with E-state index in [9.17, 15) is 19.6 Å². The summed E-state index contributed by atoms with van der Waals surface area (Å²) in [6.45, 7) is 2.92. The van der Waals surface area contributed by atoms with Crippen LogP contribution in [0.15, 0.2) is 21.9 Å². The van der Waals surface area contributed by atoms with Crippen molar-refractivity contribution in [3.8, 4) is 6.07 Å². The topological polar surface area (TPSA) is 156 Å². The second-order valence-electron chi connectivity index (χ2n) is 6.45. The highest BCUT2D eigenvalue weighted by Gasteiger charge is 2.58. The van der Waals surface area contributed by atoms with Crippen LogP contribution in [-0.4, -0.2) is 57.3 Å². The van der Waals surface area contributed by atoms with Crippen molar-refractivity contribution in [1.29, 1.82) is 5.26 Å². The molecule has 0 amide bonds. The van der Waals surface area contributed by atoms with Crippen molar-refractivity contribution in [2.24, 2.45) is 0 Å². The van der Waals surface area contributed by atoms with Crippen LogP contribution in [0.3, 0.4) is 0 Å². The van der Waals surface area contributed by atoms with Crippen molar-refractivity contribution in [2.75, 3.05) is 6.54 Å². The highest BCUT2D eigenvalue weighted by molar-refractivity contribution is 5.69. The van der Waals surface area contributed by atoms with Gasteiger partial charge in [-0.15, -0.1) is 0 Å². The summed E-state index contributed by atoms with van der Waals surface area (Å²) in [5.41, 5.74) is -1.25. The Kier molecular flexibility index (Phi) is 4.68. The Balaban J connectivity index is 1.93. The smallest absolute Gasteiger partial charge is 0.330 e. The van der Waals surface area contributed by atoms with Crippen molar-refractivity contribution < 1.29 is 24.1 Å². The zero-order valence-electron chi connectivity index (χ0n) is 14.0. The van der Waals surface area contributed by atoms with Gasteiger partial charge >= 0.3 is 11.7 Å². The summed E-state index contributed by atoms with van der Waals surface area (Å²) in [6.07, 6.45) is -1.99. The Labute approximate surface area is 147 Å². The normalized spacial score (nSPS) is 30.5. The molecule has 2 saturated heterocycles. The summed E-state index contributed by atoms with van der Waals surface area (Å²) >= 11 is 0. The summed E-state index contributed by atoms with van der Waals surface area (Å²) in [5.74, 6) is -2.11. The minimum atomic E-state index is -1.13. The van der Waals surface area contributed by atoms with E-state index in [1.54, 1.807) is 13.8 Å². The van der Waals surface area contributed by atoms with E-state index in [2.05, 4.69) is 10.3 Å². The molecule has 140 valence electrons. The zero-order valence-corrected chi connectivity index (χ0v) is 14.0. The average molecular weight is 366 g/mol. The number of fused-ring (bicyclic) bond motifs is 1. The maximum atomic E-state index is 12.1. The molecule has 0 aromatic carbocycles. The Morgan fingerprint density at radius 1 is 1.46 bits per heavy atom. The predicted octanol–water partition coefficient (Wildman–Crippen LogP) is -1.48. The highest BCUT2D eigenvalue weighted by Crippen LogP contribution is 2.43. The van der Waals surface area contributed by atoms with Crippen LogP contribution < -0.4 is 16.6 Å². The first-order chi connectivity index (χ1) is 12.2. The Bertz CT molecular complexity index is 855. The molecule has 0 spiro atoms. The summed E-state index contributed by atoms with van der Waals surface area (Å²) in [6, 6.07) is 2.12. The lowest BCUT2D eigenvalue weighted by Gasteiger charge is -2.26. The number of carboxylic acid groups (broad SMARTS) is 1. The minimum Gasteiger partial charge on any atom is -0.480 e. The van der Waals surface area contributed by atoms with Crippen molar-refractivity contribution >= 4 is 5.97 Å². The Hall–Kier alpha value is -2.52. The molecule has 0 bridgehead atoms. The highest BCUT2D eigenvalue weighted by atomic mass is 16.8. The fourth-order valence-corrected chi connectivity index (χ4v) is 3.16. The van der Waals surface area contributed by atoms with Crippen molar-refractivity contribution in [3.63, 3.8) is 0 Å². The lowest BCUT2D eigenvalue weighted by Crippen LogP contribution is -2.47. The fourth-order valence-electron chi connectivity index (χ4n) is 3.16. The van der Waals surface area contributed by atoms with E-state index in [0.29, 0.717) is 0 Å². The average Bonchev–Trinajstić information content (AvgIpc) is 3.02. The fraction of sp³-hybridized carbons (Fsp3) is 0.600. The molecule has 1 unspecified atom stereocenters. The molecule has 2 aliphatic heterocycles. The molecule has 1 aromatic rings. The number of rotatable bonds is 5. The van der Waals surface area contributed by atoms with Gasteiger partial charge in [-0.3, -0.25) is 24.5 Å². The number of aromatic nitrogens is 2. The number of hydrogen-bond acceptors (Lipinski definition) is 8. The molecule has 3 rings (SSSR count). The van der Waals surface area contributed by atoms with Crippen LogP contribution in [0, 0.1) is 11.3 Å². The zero-order chi connectivity index (χ0) is 19.1. The predicted molar refractivity (Wildman–Crippen MR) is 84.1 cm³/mol. The van der Waals surface area contributed by atoms with Gasteiger partial charge in [0.25, 0.3) is 5.56 Å². The van der Waals surface area contributed by atoms with E-state index in [4.69, 9.17) is 19.3 Å². The van der Waals surface area contributed by atoms with Crippen LogP contribution in [-0.2, 0) is 19.0 Å². The largest absolute Gasteiger partial charge is 0.480 e. The Morgan fingerprint density at radius 3 is 2.77 bits per heavy atom. The standard InChI is InChI=1S/C15H18N4O7/c1-15(2)25-11-10(7(5-16)17-6-9(21)22)24-13(12(11)26-15)19-4-3-8(20)18-14(19)23/h3-4,7,10-13,17H,6H2,1-2H3,(H,21,22)(H,18,20,23)/t7?,10-,11-,12-,13-/m1/s1. The van der Waals surface area contributed by atoms with Gasteiger partial charge in [0.2, 0.25) is 0 Å². The molecule has 3 N–H and O–H groups in total. The summed E-state index contributed by atoms with van der Waals surface area (Å²) < 4.78 is 18.6. The maximum absolute atomic E-state index is 12.1.